The molecule has 0 spiro atoms. The Hall–Kier alpha value is -2.34. The van der Waals surface area contributed by atoms with E-state index in [2.05, 4.69) is 5.32 Å². The molecule has 1 aromatic carbocycles. The van der Waals surface area contributed by atoms with E-state index in [0.29, 0.717) is 39.0 Å². The monoisotopic (exact) mass is 330 g/mol. The van der Waals surface area contributed by atoms with Gasteiger partial charge in [-0.15, -0.1) is 0 Å². The summed E-state index contributed by atoms with van der Waals surface area (Å²) in [5.74, 6) is -0.984. The van der Waals surface area contributed by atoms with Gasteiger partial charge in [-0.25, -0.2) is 0 Å². The van der Waals surface area contributed by atoms with Gasteiger partial charge in [0.05, 0.1) is 5.41 Å². The van der Waals surface area contributed by atoms with Gasteiger partial charge in [-0.3, -0.25) is 9.59 Å². The standard InChI is InChI=1S/C18H22N2O4/c21-16(19-13-18(17(22)23)7-11-24-12-8-18)6-10-20-9-5-14-3-1-2-4-15(14)20/h1-5,9H,6-8,10-13H2,(H,19,21)(H,22,23). The van der Waals surface area contributed by atoms with Crippen LogP contribution in [0.5, 0.6) is 0 Å². The number of carboxylic acids is 1. The molecule has 1 amide bonds. The number of fused-ring (bicyclic) bond motifs is 1. The molecule has 0 atom stereocenters. The second-order valence-corrected chi connectivity index (χ2v) is 6.29. The zero-order chi connectivity index (χ0) is 17.0. The van der Waals surface area contributed by atoms with Gasteiger partial charge in [0.25, 0.3) is 0 Å². The van der Waals surface area contributed by atoms with Crippen molar-refractivity contribution in [1.82, 2.24) is 9.88 Å². The number of nitrogens with one attached hydrogen (secondary N) is 1. The maximum Gasteiger partial charge on any atom is 0.311 e. The molecule has 1 fully saturated rings. The number of aromatic nitrogens is 1. The fourth-order valence-corrected chi connectivity index (χ4v) is 3.14. The van der Waals surface area contributed by atoms with Crippen LogP contribution in [0.2, 0.25) is 0 Å². The van der Waals surface area contributed by atoms with Crippen molar-refractivity contribution in [2.24, 2.45) is 5.41 Å². The molecule has 3 rings (SSSR count). The maximum absolute atomic E-state index is 12.1. The Balaban J connectivity index is 1.55. The number of carbonyl (C=O) groups is 2. The predicted molar refractivity (Wildman–Crippen MR) is 89.7 cm³/mol. The third kappa shape index (κ3) is 3.43. The average Bonchev–Trinajstić information content (AvgIpc) is 3.02. The van der Waals surface area contributed by atoms with E-state index in [-0.39, 0.29) is 12.5 Å². The van der Waals surface area contributed by atoms with E-state index < -0.39 is 11.4 Å². The van der Waals surface area contributed by atoms with Crippen molar-refractivity contribution >= 4 is 22.8 Å². The zero-order valence-electron chi connectivity index (χ0n) is 13.5. The molecule has 0 bridgehead atoms. The van der Waals surface area contributed by atoms with Gasteiger partial charge in [-0.2, -0.15) is 0 Å². The van der Waals surface area contributed by atoms with Crippen LogP contribution in [0.15, 0.2) is 36.5 Å². The minimum Gasteiger partial charge on any atom is -0.481 e. The number of hydrogen-bond donors (Lipinski definition) is 2. The van der Waals surface area contributed by atoms with Crippen molar-refractivity contribution in [3.05, 3.63) is 36.5 Å². The van der Waals surface area contributed by atoms with Crippen LogP contribution < -0.4 is 5.32 Å². The molecule has 0 saturated carbocycles. The molecule has 6 nitrogen and oxygen atoms in total. The Bertz CT molecular complexity index is 731. The van der Waals surface area contributed by atoms with Crippen LogP contribution in [0.3, 0.4) is 0 Å². The molecule has 1 aromatic heterocycles. The van der Waals surface area contributed by atoms with Crippen molar-refractivity contribution in [3.63, 3.8) is 0 Å². The zero-order valence-corrected chi connectivity index (χ0v) is 13.5. The summed E-state index contributed by atoms with van der Waals surface area (Å²) < 4.78 is 7.28. The highest BCUT2D eigenvalue weighted by atomic mass is 16.5. The molecule has 0 radical (unpaired) electrons. The molecule has 2 N–H and O–H groups in total. The molecule has 2 aromatic rings. The maximum atomic E-state index is 12.1. The molecule has 0 unspecified atom stereocenters. The summed E-state index contributed by atoms with van der Waals surface area (Å²) >= 11 is 0. The number of ether oxygens (including phenoxy) is 1. The van der Waals surface area contributed by atoms with Gasteiger partial charge in [0.15, 0.2) is 0 Å². The van der Waals surface area contributed by atoms with Crippen LogP contribution in [0, 0.1) is 5.41 Å². The van der Waals surface area contributed by atoms with E-state index in [9.17, 15) is 14.7 Å². The van der Waals surface area contributed by atoms with E-state index in [1.807, 2.05) is 41.1 Å². The molecular formula is C18H22N2O4. The van der Waals surface area contributed by atoms with Gasteiger partial charge in [-0.05, 0) is 30.4 Å². The van der Waals surface area contributed by atoms with Crippen LogP contribution in [0.4, 0.5) is 0 Å². The van der Waals surface area contributed by atoms with E-state index in [1.54, 1.807) is 0 Å². The topological polar surface area (TPSA) is 80.6 Å². The highest BCUT2D eigenvalue weighted by Crippen LogP contribution is 2.30. The van der Waals surface area contributed by atoms with E-state index >= 15 is 0 Å². The molecule has 128 valence electrons. The second kappa shape index (κ2) is 7.05. The van der Waals surface area contributed by atoms with Crippen LogP contribution in [0.1, 0.15) is 19.3 Å². The Morgan fingerprint density at radius 1 is 1.21 bits per heavy atom. The molecular weight excluding hydrogens is 308 g/mol. The van der Waals surface area contributed by atoms with Gasteiger partial charge in [0.1, 0.15) is 0 Å². The van der Waals surface area contributed by atoms with Crippen molar-refractivity contribution in [3.8, 4) is 0 Å². The number of benzene rings is 1. The summed E-state index contributed by atoms with van der Waals surface area (Å²) in [5.41, 5.74) is 0.199. The molecule has 1 aliphatic rings. The van der Waals surface area contributed by atoms with E-state index in [4.69, 9.17) is 4.74 Å². The first-order valence-electron chi connectivity index (χ1n) is 8.22. The summed E-state index contributed by atoms with van der Waals surface area (Å²) in [6.45, 7) is 1.59. The Labute approximate surface area is 140 Å². The van der Waals surface area contributed by atoms with Crippen molar-refractivity contribution in [1.29, 1.82) is 0 Å². The molecule has 0 aliphatic carbocycles. The van der Waals surface area contributed by atoms with Crippen molar-refractivity contribution in [2.45, 2.75) is 25.8 Å². The largest absolute Gasteiger partial charge is 0.481 e. The number of amides is 1. The van der Waals surface area contributed by atoms with Gasteiger partial charge in [0.2, 0.25) is 5.91 Å². The molecule has 1 aliphatic heterocycles. The lowest BCUT2D eigenvalue weighted by atomic mass is 9.80. The third-order valence-corrected chi connectivity index (χ3v) is 4.79. The fourth-order valence-electron chi connectivity index (χ4n) is 3.14. The summed E-state index contributed by atoms with van der Waals surface area (Å²) in [7, 11) is 0. The number of carbonyl (C=O) groups excluding carboxylic acids is 1. The van der Waals surface area contributed by atoms with Crippen molar-refractivity contribution in [2.75, 3.05) is 19.8 Å². The lowest BCUT2D eigenvalue weighted by Gasteiger charge is -2.33. The van der Waals surface area contributed by atoms with E-state index in [1.165, 1.54) is 0 Å². The highest BCUT2D eigenvalue weighted by Gasteiger charge is 2.40. The lowest BCUT2D eigenvalue weighted by Crippen LogP contribution is -2.46. The highest BCUT2D eigenvalue weighted by molar-refractivity contribution is 5.81. The number of aryl methyl sites for hydroxylation is 1. The predicted octanol–water partition coefficient (Wildman–Crippen LogP) is 2.03. The van der Waals surface area contributed by atoms with Crippen molar-refractivity contribution < 1.29 is 19.4 Å². The minimum atomic E-state index is -0.895. The van der Waals surface area contributed by atoms with Gasteiger partial charge < -0.3 is 19.7 Å². The summed E-state index contributed by atoms with van der Waals surface area (Å²) in [5, 5.41) is 13.4. The van der Waals surface area contributed by atoms with Gasteiger partial charge >= 0.3 is 5.97 Å². The number of carboxylic acid groups (broad SMARTS) is 1. The Morgan fingerprint density at radius 3 is 2.71 bits per heavy atom. The second-order valence-electron chi connectivity index (χ2n) is 6.29. The SMILES string of the molecule is O=C(CCn1ccc2ccccc21)NCC1(C(=O)O)CCOCC1. The first-order valence-corrected chi connectivity index (χ1v) is 8.22. The molecule has 6 heteroatoms. The summed E-state index contributed by atoms with van der Waals surface area (Å²) in [6.07, 6.45) is 3.16. The lowest BCUT2D eigenvalue weighted by molar-refractivity contribution is -0.154. The average molecular weight is 330 g/mol. The van der Waals surface area contributed by atoms with Crippen LogP contribution in [-0.2, 0) is 20.9 Å². The minimum absolute atomic E-state index is 0.125. The molecule has 1 saturated heterocycles. The van der Waals surface area contributed by atoms with Crippen LogP contribution in [-0.4, -0.2) is 41.3 Å². The molecule has 24 heavy (non-hydrogen) atoms. The number of nitrogens with zero attached hydrogens (tertiary/aromatic N) is 1. The fraction of sp³-hybridized carbons (Fsp3) is 0.444. The molecule has 2 heterocycles. The van der Waals surface area contributed by atoms with Crippen LogP contribution >= 0.6 is 0 Å². The summed E-state index contributed by atoms with van der Waals surface area (Å²) in [6, 6.07) is 10.0. The first-order chi connectivity index (χ1) is 11.6. The van der Waals surface area contributed by atoms with Gasteiger partial charge in [-0.1, -0.05) is 18.2 Å². The number of rotatable bonds is 6. The number of para-hydroxylation sites is 1. The third-order valence-electron chi connectivity index (χ3n) is 4.79. The Kier molecular flexibility index (Phi) is 4.85. The smallest absolute Gasteiger partial charge is 0.311 e. The quantitative estimate of drug-likeness (QED) is 0.849. The van der Waals surface area contributed by atoms with Crippen LogP contribution in [0.25, 0.3) is 10.9 Å². The normalized spacial score (nSPS) is 16.8. The summed E-state index contributed by atoms with van der Waals surface area (Å²) in [4.78, 5) is 23.7. The first kappa shape index (κ1) is 16.5. The number of aliphatic carboxylic acids is 1. The van der Waals surface area contributed by atoms with E-state index in [0.717, 1.165) is 10.9 Å². The Morgan fingerprint density at radius 2 is 1.96 bits per heavy atom. The van der Waals surface area contributed by atoms with Gasteiger partial charge in [0, 0.05) is 44.4 Å². The number of hydrogen-bond acceptors (Lipinski definition) is 3.